The molecule has 5 nitrogen and oxygen atoms in total. The van der Waals surface area contributed by atoms with Crippen LogP contribution >= 0.6 is 23.2 Å². The van der Waals surface area contributed by atoms with Crippen LogP contribution < -0.4 is 10.2 Å². The zero-order chi connectivity index (χ0) is 19.2. The number of hydrogen-bond donors (Lipinski definition) is 1. The van der Waals surface area contributed by atoms with Crippen LogP contribution in [0, 0.1) is 0 Å². The number of rotatable bonds is 5. The largest absolute Gasteiger partial charge is 0.368 e. The molecule has 7 heteroatoms. The van der Waals surface area contributed by atoms with Crippen LogP contribution in [0.2, 0.25) is 10.0 Å². The Kier molecular flexibility index (Phi) is 6.58. The third kappa shape index (κ3) is 5.37. The van der Waals surface area contributed by atoms with E-state index in [1.807, 2.05) is 29.2 Å². The lowest BCUT2D eigenvalue weighted by molar-refractivity contribution is -0.131. The molecule has 1 fully saturated rings. The molecule has 27 heavy (non-hydrogen) atoms. The van der Waals surface area contributed by atoms with Crippen molar-refractivity contribution in [1.82, 2.24) is 10.2 Å². The van der Waals surface area contributed by atoms with Crippen LogP contribution in [0.3, 0.4) is 0 Å². The van der Waals surface area contributed by atoms with Gasteiger partial charge in [-0.05, 0) is 42.5 Å². The zero-order valence-electron chi connectivity index (χ0n) is 14.8. The van der Waals surface area contributed by atoms with Gasteiger partial charge in [-0.15, -0.1) is 0 Å². The molecule has 1 aliphatic rings. The molecule has 2 aromatic rings. The van der Waals surface area contributed by atoms with E-state index in [9.17, 15) is 9.59 Å². The molecular weight excluding hydrogens is 385 g/mol. The van der Waals surface area contributed by atoms with Crippen molar-refractivity contribution in [1.29, 1.82) is 0 Å². The Morgan fingerprint density at radius 1 is 0.926 bits per heavy atom. The minimum Gasteiger partial charge on any atom is -0.368 e. The van der Waals surface area contributed by atoms with Crippen molar-refractivity contribution in [2.75, 3.05) is 37.6 Å². The number of nitrogens with zero attached hydrogens (tertiary/aromatic N) is 2. The van der Waals surface area contributed by atoms with E-state index in [0.717, 1.165) is 18.8 Å². The second kappa shape index (κ2) is 9.11. The summed E-state index contributed by atoms with van der Waals surface area (Å²) in [4.78, 5) is 28.5. The molecule has 0 bridgehead atoms. The molecule has 0 spiro atoms. The third-order valence-electron chi connectivity index (χ3n) is 4.54. The van der Waals surface area contributed by atoms with Crippen LogP contribution in [0.15, 0.2) is 48.5 Å². The van der Waals surface area contributed by atoms with Crippen LogP contribution in [-0.2, 0) is 4.79 Å². The van der Waals surface area contributed by atoms with Gasteiger partial charge in [0.25, 0.3) is 5.91 Å². The van der Waals surface area contributed by atoms with Crippen molar-refractivity contribution in [2.24, 2.45) is 0 Å². The number of carbonyl (C=O) groups excluding carboxylic acids is 2. The molecule has 1 N–H and O–H groups in total. The van der Waals surface area contributed by atoms with Gasteiger partial charge in [-0.25, -0.2) is 0 Å². The van der Waals surface area contributed by atoms with Crippen molar-refractivity contribution >= 4 is 40.7 Å². The first-order valence-electron chi connectivity index (χ1n) is 8.85. The Morgan fingerprint density at radius 2 is 1.63 bits per heavy atom. The smallest absolute Gasteiger partial charge is 0.251 e. The summed E-state index contributed by atoms with van der Waals surface area (Å²) in [5.41, 5.74) is 1.60. The number of halogens is 2. The highest BCUT2D eigenvalue weighted by Gasteiger charge is 2.21. The number of hydrogen-bond acceptors (Lipinski definition) is 3. The zero-order valence-corrected chi connectivity index (χ0v) is 16.3. The van der Waals surface area contributed by atoms with Gasteiger partial charge in [0.2, 0.25) is 5.91 Å². The SMILES string of the molecule is O=C(NCCC(=O)N1CCN(c2ccc(Cl)cc2)CC1)c1cccc(Cl)c1. The molecule has 3 rings (SSSR count). The first-order chi connectivity index (χ1) is 13.0. The molecule has 1 saturated heterocycles. The maximum atomic E-state index is 12.4. The summed E-state index contributed by atoms with van der Waals surface area (Å²) in [7, 11) is 0. The van der Waals surface area contributed by atoms with Gasteiger partial charge in [0.1, 0.15) is 0 Å². The molecule has 0 saturated carbocycles. The molecule has 0 aliphatic carbocycles. The Bertz CT molecular complexity index is 803. The number of piperazine rings is 1. The Balaban J connectivity index is 1.42. The van der Waals surface area contributed by atoms with Crippen LogP contribution in [-0.4, -0.2) is 49.4 Å². The number of anilines is 1. The van der Waals surface area contributed by atoms with Crippen LogP contribution in [0.25, 0.3) is 0 Å². The predicted octanol–water partition coefficient (Wildman–Crippen LogP) is 3.46. The van der Waals surface area contributed by atoms with E-state index >= 15 is 0 Å². The van der Waals surface area contributed by atoms with Gasteiger partial charge in [0, 0.05) is 60.4 Å². The second-order valence-electron chi connectivity index (χ2n) is 6.36. The molecule has 0 aromatic heterocycles. The number of nitrogens with one attached hydrogen (secondary N) is 1. The monoisotopic (exact) mass is 405 g/mol. The lowest BCUT2D eigenvalue weighted by atomic mass is 10.2. The van der Waals surface area contributed by atoms with E-state index in [-0.39, 0.29) is 18.2 Å². The minimum atomic E-state index is -0.224. The van der Waals surface area contributed by atoms with E-state index in [1.54, 1.807) is 24.3 Å². The van der Waals surface area contributed by atoms with Gasteiger partial charge in [-0.1, -0.05) is 29.3 Å². The summed E-state index contributed by atoms with van der Waals surface area (Å²) < 4.78 is 0. The van der Waals surface area contributed by atoms with Gasteiger partial charge >= 0.3 is 0 Å². The predicted molar refractivity (Wildman–Crippen MR) is 109 cm³/mol. The standard InChI is InChI=1S/C20H21Cl2N3O2/c21-16-4-6-18(7-5-16)24-10-12-25(13-11-24)19(26)8-9-23-20(27)15-2-1-3-17(22)14-15/h1-7,14H,8-13H2,(H,23,27). The molecule has 2 amide bonds. The Hall–Kier alpha value is -2.24. The van der Waals surface area contributed by atoms with Gasteiger partial charge in [0.05, 0.1) is 0 Å². The van der Waals surface area contributed by atoms with Crippen LogP contribution in [0.4, 0.5) is 5.69 Å². The average Bonchev–Trinajstić information content (AvgIpc) is 2.68. The van der Waals surface area contributed by atoms with Crippen molar-refractivity contribution in [3.05, 3.63) is 64.1 Å². The fourth-order valence-electron chi connectivity index (χ4n) is 3.04. The van der Waals surface area contributed by atoms with E-state index < -0.39 is 0 Å². The van der Waals surface area contributed by atoms with E-state index in [0.29, 0.717) is 35.2 Å². The Labute approximate surface area is 168 Å². The van der Waals surface area contributed by atoms with Crippen LogP contribution in [0.5, 0.6) is 0 Å². The van der Waals surface area contributed by atoms with Gasteiger partial charge in [-0.2, -0.15) is 0 Å². The van der Waals surface area contributed by atoms with Gasteiger partial charge in [-0.3, -0.25) is 9.59 Å². The highest BCUT2D eigenvalue weighted by atomic mass is 35.5. The van der Waals surface area contributed by atoms with Crippen molar-refractivity contribution in [3.63, 3.8) is 0 Å². The van der Waals surface area contributed by atoms with E-state index in [2.05, 4.69) is 10.2 Å². The first-order valence-corrected chi connectivity index (χ1v) is 9.60. The Morgan fingerprint density at radius 3 is 2.30 bits per heavy atom. The van der Waals surface area contributed by atoms with Crippen LogP contribution in [0.1, 0.15) is 16.8 Å². The molecule has 1 heterocycles. The summed E-state index contributed by atoms with van der Waals surface area (Å²) in [6, 6.07) is 14.5. The summed E-state index contributed by atoms with van der Waals surface area (Å²) in [5.74, 6) is -0.171. The van der Waals surface area contributed by atoms with E-state index in [1.165, 1.54) is 0 Å². The molecule has 0 radical (unpaired) electrons. The summed E-state index contributed by atoms with van der Waals surface area (Å²) >= 11 is 11.8. The summed E-state index contributed by atoms with van der Waals surface area (Å²) in [6.45, 7) is 3.21. The minimum absolute atomic E-state index is 0.0529. The molecule has 2 aromatic carbocycles. The summed E-state index contributed by atoms with van der Waals surface area (Å²) in [5, 5.41) is 3.99. The fourth-order valence-corrected chi connectivity index (χ4v) is 3.36. The molecule has 1 aliphatic heterocycles. The van der Waals surface area contributed by atoms with Gasteiger partial charge < -0.3 is 15.1 Å². The van der Waals surface area contributed by atoms with Crippen molar-refractivity contribution in [3.8, 4) is 0 Å². The molecule has 0 unspecified atom stereocenters. The molecule has 0 atom stereocenters. The maximum absolute atomic E-state index is 12.4. The lowest BCUT2D eigenvalue weighted by Crippen LogP contribution is -2.49. The normalized spacial score (nSPS) is 14.1. The number of carbonyl (C=O) groups is 2. The lowest BCUT2D eigenvalue weighted by Gasteiger charge is -2.36. The van der Waals surface area contributed by atoms with Gasteiger partial charge in [0.15, 0.2) is 0 Å². The molecular formula is C20H21Cl2N3O2. The van der Waals surface area contributed by atoms with Crippen molar-refractivity contribution < 1.29 is 9.59 Å². The maximum Gasteiger partial charge on any atom is 0.251 e. The number of benzene rings is 2. The second-order valence-corrected chi connectivity index (χ2v) is 7.23. The van der Waals surface area contributed by atoms with E-state index in [4.69, 9.17) is 23.2 Å². The quantitative estimate of drug-likeness (QED) is 0.828. The highest BCUT2D eigenvalue weighted by molar-refractivity contribution is 6.31. The average molecular weight is 406 g/mol. The summed E-state index contributed by atoms with van der Waals surface area (Å²) in [6.07, 6.45) is 0.285. The first kappa shape index (κ1) is 19.5. The highest BCUT2D eigenvalue weighted by Crippen LogP contribution is 2.19. The molecule has 142 valence electrons. The third-order valence-corrected chi connectivity index (χ3v) is 5.02. The van der Waals surface area contributed by atoms with Crippen molar-refractivity contribution in [2.45, 2.75) is 6.42 Å². The topological polar surface area (TPSA) is 52.7 Å². The fraction of sp³-hybridized carbons (Fsp3) is 0.300. The number of amides is 2.